The van der Waals surface area contributed by atoms with Crippen LogP contribution < -0.4 is 4.90 Å². The minimum Gasteiger partial charge on any atom is -0.477 e. The molecule has 0 fully saturated rings. The summed E-state index contributed by atoms with van der Waals surface area (Å²) < 4.78 is 0. The summed E-state index contributed by atoms with van der Waals surface area (Å²) in [5, 5.41) is 19.9. The van der Waals surface area contributed by atoms with Crippen molar-refractivity contribution in [3.63, 3.8) is 0 Å². The van der Waals surface area contributed by atoms with Crippen LogP contribution >= 0.6 is 0 Å². The first-order chi connectivity index (χ1) is 9.32. The molecule has 0 aromatic carbocycles. The Morgan fingerprint density at radius 3 is 2.50 bits per heavy atom. The first-order valence-electron chi connectivity index (χ1n) is 6.07. The van der Waals surface area contributed by atoms with Crippen LogP contribution in [0.3, 0.4) is 0 Å². The highest BCUT2D eigenvalue weighted by Gasteiger charge is 2.21. The number of nitro groups is 1. The van der Waals surface area contributed by atoms with E-state index < -0.39 is 10.9 Å². The summed E-state index contributed by atoms with van der Waals surface area (Å²) in [6.07, 6.45) is 0.791. The van der Waals surface area contributed by atoms with Gasteiger partial charge in [0.25, 0.3) is 0 Å². The molecule has 110 valence electrons. The molecule has 1 rings (SSSR count). The molecule has 0 radical (unpaired) electrons. The van der Waals surface area contributed by atoms with Gasteiger partial charge in [0.1, 0.15) is 0 Å². The molecule has 1 heterocycles. The second-order valence-corrected chi connectivity index (χ2v) is 4.68. The van der Waals surface area contributed by atoms with Crippen molar-refractivity contribution in [1.29, 1.82) is 0 Å². The van der Waals surface area contributed by atoms with Gasteiger partial charge in [0, 0.05) is 19.7 Å². The number of hydrogen-bond acceptors (Lipinski definition) is 6. The molecule has 0 spiro atoms. The van der Waals surface area contributed by atoms with Gasteiger partial charge in [0.15, 0.2) is 5.69 Å². The van der Waals surface area contributed by atoms with Crippen LogP contribution in [0.2, 0.25) is 0 Å². The van der Waals surface area contributed by atoms with Crippen LogP contribution in [0.15, 0.2) is 12.1 Å². The highest BCUT2D eigenvalue weighted by molar-refractivity contribution is 5.86. The smallest absolute Gasteiger partial charge is 0.354 e. The lowest BCUT2D eigenvalue weighted by atomic mass is 10.3. The Hall–Kier alpha value is -2.22. The Balaban J connectivity index is 2.96. The number of carboxylic acids is 1. The first kappa shape index (κ1) is 15.8. The average molecular weight is 282 g/mol. The molecule has 1 aromatic heterocycles. The van der Waals surface area contributed by atoms with Gasteiger partial charge in [-0.05, 0) is 33.1 Å². The monoisotopic (exact) mass is 282 g/mol. The van der Waals surface area contributed by atoms with E-state index in [1.807, 2.05) is 19.0 Å². The second kappa shape index (κ2) is 6.80. The number of carbonyl (C=O) groups is 1. The van der Waals surface area contributed by atoms with Crippen molar-refractivity contribution >= 4 is 17.5 Å². The fraction of sp³-hybridized carbons (Fsp3) is 0.500. The molecule has 1 aromatic rings. The minimum absolute atomic E-state index is 0.0775. The third kappa shape index (κ3) is 4.16. The van der Waals surface area contributed by atoms with E-state index in [0.717, 1.165) is 19.0 Å². The van der Waals surface area contributed by atoms with Crippen molar-refractivity contribution in [2.45, 2.75) is 6.42 Å². The summed E-state index contributed by atoms with van der Waals surface area (Å²) >= 11 is 0. The summed E-state index contributed by atoms with van der Waals surface area (Å²) in [5.41, 5.74) is -0.396. The van der Waals surface area contributed by atoms with E-state index in [4.69, 9.17) is 5.11 Å². The Bertz CT molecular complexity index is 504. The van der Waals surface area contributed by atoms with Crippen LogP contribution in [-0.4, -0.2) is 60.1 Å². The van der Waals surface area contributed by atoms with Gasteiger partial charge in [-0.2, -0.15) is 0 Å². The predicted octanol–water partition coefficient (Wildman–Crippen LogP) is 1.08. The van der Waals surface area contributed by atoms with Gasteiger partial charge in [0.2, 0.25) is 5.82 Å². The summed E-state index contributed by atoms with van der Waals surface area (Å²) in [5.74, 6) is -1.13. The van der Waals surface area contributed by atoms with Crippen molar-refractivity contribution < 1.29 is 14.8 Å². The molecule has 0 unspecified atom stereocenters. The minimum atomic E-state index is -1.21. The lowest BCUT2D eigenvalue weighted by Gasteiger charge is -2.19. The van der Waals surface area contributed by atoms with Gasteiger partial charge in [-0.3, -0.25) is 10.1 Å². The molecule has 0 amide bonds. The van der Waals surface area contributed by atoms with Crippen LogP contribution in [0, 0.1) is 10.1 Å². The number of aromatic nitrogens is 1. The maximum Gasteiger partial charge on any atom is 0.354 e. The molecule has 0 aliphatic rings. The number of pyridine rings is 1. The van der Waals surface area contributed by atoms with Crippen molar-refractivity contribution in [3.05, 3.63) is 27.9 Å². The SMILES string of the molecule is CN(C)CCCN(C)c1nc(C(=O)O)ccc1[N+](=O)[O-]. The van der Waals surface area contributed by atoms with E-state index >= 15 is 0 Å². The maximum absolute atomic E-state index is 11.0. The Morgan fingerprint density at radius 1 is 1.35 bits per heavy atom. The molecule has 1 N–H and O–H groups in total. The Morgan fingerprint density at radius 2 is 2.00 bits per heavy atom. The zero-order valence-corrected chi connectivity index (χ0v) is 11.7. The molecular formula is C12H18N4O4. The summed E-state index contributed by atoms with van der Waals surface area (Å²) in [4.78, 5) is 28.8. The highest BCUT2D eigenvalue weighted by Crippen LogP contribution is 2.25. The molecule has 8 heteroatoms. The standard InChI is InChI=1S/C12H18N4O4/c1-14(2)7-4-8-15(3)11-10(16(19)20)6-5-9(13-11)12(17)18/h5-6H,4,7-8H2,1-3H3,(H,17,18). The molecule has 0 saturated heterocycles. The molecule has 0 aliphatic carbocycles. The average Bonchev–Trinajstić information content (AvgIpc) is 2.37. The number of rotatable bonds is 7. The van der Waals surface area contributed by atoms with E-state index in [0.29, 0.717) is 6.54 Å². The van der Waals surface area contributed by atoms with Crippen LogP contribution in [0.1, 0.15) is 16.9 Å². The predicted molar refractivity (Wildman–Crippen MR) is 74.3 cm³/mol. The zero-order chi connectivity index (χ0) is 15.3. The lowest BCUT2D eigenvalue weighted by Crippen LogP contribution is -2.25. The van der Waals surface area contributed by atoms with Crippen LogP contribution in [0.25, 0.3) is 0 Å². The summed E-state index contributed by atoms with van der Waals surface area (Å²) in [7, 11) is 5.54. The second-order valence-electron chi connectivity index (χ2n) is 4.68. The van der Waals surface area contributed by atoms with Crippen molar-refractivity contribution in [1.82, 2.24) is 9.88 Å². The summed E-state index contributed by atoms with van der Waals surface area (Å²) in [6.45, 7) is 1.38. The molecule has 8 nitrogen and oxygen atoms in total. The largest absolute Gasteiger partial charge is 0.477 e. The van der Waals surface area contributed by atoms with Crippen molar-refractivity contribution in [2.75, 3.05) is 39.1 Å². The Labute approximate surface area is 116 Å². The number of hydrogen-bond donors (Lipinski definition) is 1. The van der Waals surface area contributed by atoms with Crippen LogP contribution in [-0.2, 0) is 0 Å². The van der Waals surface area contributed by atoms with Gasteiger partial charge in [0.05, 0.1) is 4.92 Å². The van der Waals surface area contributed by atoms with Crippen molar-refractivity contribution in [3.8, 4) is 0 Å². The normalized spacial score (nSPS) is 10.6. The van der Waals surface area contributed by atoms with E-state index in [9.17, 15) is 14.9 Å². The van der Waals surface area contributed by atoms with E-state index in [2.05, 4.69) is 4.98 Å². The number of carboxylic acid groups (broad SMARTS) is 1. The topological polar surface area (TPSA) is 99.8 Å². The highest BCUT2D eigenvalue weighted by atomic mass is 16.6. The van der Waals surface area contributed by atoms with Crippen LogP contribution in [0.4, 0.5) is 11.5 Å². The molecule has 0 saturated carbocycles. The van der Waals surface area contributed by atoms with Gasteiger partial charge >= 0.3 is 11.7 Å². The van der Waals surface area contributed by atoms with Gasteiger partial charge in [-0.1, -0.05) is 0 Å². The zero-order valence-electron chi connectivity index (χ0n) is 11.7. The van der Waals surface area contributed by atoms with Crippen LogP contribution in [0.5, 0.6) is 0 Å². The number of nitrogens with zero attached hydrogens (tertiary/aromatic N) is 4. The molecule has 0 aliphatic heterocycles. The molecule has 0 bridgehead atoms. The lowest BCUT2D eigenvalue weighted by molar-refractivity contribution is -0.384. The number of anilines is 1. The van der Waals surface area contributed by atoms with Gasteiger partial charge in [-0.25, -0.2) is 9.78 Å². The Kier molecular flexibility index (Phi) is 5.39. The fourth-order valence-corrected chi connectivity index (χ4v) is 1.71. The molecule has 0 atom stereocenters. The maximum atomic E-state index is 11.0. The van der Waals surface area contributed by atoms with Gasteiger partial charge in [-0.15, -0.1) is 0 Å². The van der Waals surface area contributed by atoms with Gasteiger partial charge < -0.3 is 14.9 Å². The quantitative estimate of drug-likeness (QED) is 0.590. The fourth-order valence-electron chi connectivity index (χ4n) is 1.71. The van der Waals surface area contributed by atoms with E-state index in [-0.39, 0.29) is 17.2 Å². The third-order valence-electron chi connectivity index (χ3n) is 2.73. The number of aromatic carboxylic acids is 1. The summed E-state index contributed by atoms with van der Waals surface area (Å²) in [6, 6.07) is 2.31. The van der Waals surface area contributed by atoms with E-state index in [1.54, 1.807) is 11.9 Å². The van der Waals surface area contributed by atoms with Crippen molar-refractivity contribution in [2.24, 2.45) is 0 Å². The van der Waals surface area contributed by atoms with E-state index in [1.165, 1.54) is 6.07 Å². The molecular weight excluding hydrogens is 264 g/mol. The third-order valence-corrected chi connectivity index (χ3v) is 2.73. The molecule has 20 heavy (non-hydrogen) atoms. The first-order valence-corrected chi connectivity index (χ1v) is 6.07.